The topological polar surface area (TPSA) is 32.9 Å². The molecule has 2 rings (SSSR count). The van der Waals surface area contributed by atoms with Crippen LogP contribution in [0.15, 0.2) is 36.4 Å². The molecule has 0 aliphatic rings. The van der Waals surface area contributed by atoms with Crippen LogP contribution in [-0.2, 0) is 6.42 Å². The van der Waals surface area contributed by atoms with Crippen LogP contribution in [-0.4, -0.2) is 11.3 Å². The summed E-state index contributed by atoms with van der Waals surface area (Å²) in [7, 11) is 0. The van der Waals surface area contributed by atoms with Gasteiger partial charge < -0.3 is 4.98 Å². The van der Waals surface area contributed by atoms with E-state index in [-0.39, 0.29) is 0 Å². The Balaban J connectivity index is 2.21. The minimum atomic E-state index is 0.413. The van der Waals surface area contributed by atoms with E-state index in [4.69, 9.17) is 11.6 Å². The molecule has 0 spiro atoms. The van der Waals surface area contributed by atoms with E-state index in [1.807, 2.05) is 30.3 Å². The molecule has 0 aliphatic heterocycles. The van der Waals surface area contributed by atoms with E-state index in [2.05, 4.69) is 4.98 Å². The van der Waals surface area contributed by atoms with Crippen LogP contribution in [0.1, 0.15) is 21.6 Å². The van der Waals surface area contributed by atoms with Crippen LogP contribution in [0.3, 0.4) is 0 Å². The zero-order valence-corrected chi connectivity index (χ0v) is 8.79. The Morgan fingerprint density at radius 1 is 1.27 bits per heavy atom. The number of rotatable bonds is 3. The summed E-state index contributed by atoms with van der Waals surface area (Å²) in [5, 5.41) is 0.413. The van der Waals surface area contributed by atoms with Gasteiger partial charge in [-0.05, 0) is 11.6 Å². The van der Waals surface area contributed by atoms with Crippen molar-refractivity contribution in [1.82, 2.24) is 4.98 Å². The number of hydrogen-bond acceptors (Lipinski definition) is 1. The Labute approximate surface area is 92.9 Å². The lowest BCUT2D eigenvalue weighted by Gasteiger charge is -1.97. The summed E-state index contributed by atoms with van der Waals surface area (Å²) in [6.07, 6.45) is 1.52. The van der Waals surface area contributed by atoms with E-state index in [1.165, 1.54) is 5.56 Å². The third kappa shape index (κ3) is 2.28. The third-order valence-corrected chi connectivity index (χ3v) is 2.53. The van der Waals surface area contributed by atoms with Crippen molar-refractivity contribution in [3.8, 4) is 0 Å². The summed E-state index contributed by atoms with van der Waals surface area (Å²) in [5.41, 5.74) is 2.66. The standard InChI is InChI=1S/C12H10ClNO/c13-12-10(8-15)7-11(14-12)6-9-4-2-1-3-5-9/h1-5,7-8,14H,6H2. The van der Waals surface area contributed by atoms with Crippen molar-refractivity contribution in [3.05, 3.63) is 58.4 Å². The van der Waals surface area contributed by atoms with Crippen LogP contribution in [0.4, 0.5) is 0 Å². The van der Waals surface area contributed by atoms with Gasteiger partial charge in [0.2, 0.25) is 0 Å². The maximum Gasteiger partial charge on any atom is 0.153 e. The van der Waals surface area contributed by atoms with Crippen LogP contribution in [0.2, 0.25) is 5.15 Å². The van der Waals surface area contributed by atoms with Crippen molar-refractivity contribution in [1.29, 1.82) is 0 Å². The molecule has 0 aliphatic carbocycles. The van der Waals surface area contributed by atoms with Crippen molar-refractivity contribution < 1.29 is 4.79 Å². The monoisotopic (exact) mass is 219 g/mol. The second-order valence-corrected chi connectivity index (χ2v) is 3.72. The zero-order chi connectivity index (χ0) is 10.7. The molecule has 0 fully saturated rings. The Hall–Kier alpha value is -1.54. The van der Waals surface area contributed by atoms with Crippen molar-refractivity contribution in [2.75, 3.05) is 0 Å². The molecular weight excluding hydrogens is 210 g/mol. The summed E-state index contributed by atoms with van der Waals surface area (Å²) in [4.78, 5) is 13.6. The van der Waals surface area contributed by atoms with Gasteiger partial charge in [-0.3, -0.25) is 4.79 Å². The molecule has 0 bridgehead atoms. The van der Waals surface area contributed by atoms with E-state index < -0.39 is 0 Å². The average Bonchev–Trinajstić information content (AvgIpc) is 2.60. The maximum atomic E-state index is 10.6. The molecule has 0 saturated heterocycles. The Morgan fingerprint density at radius 2 is 2.00 bits per heavy atom. The number of aromatic amines is 1. The lowest BCUT2D eigenvalue weighted by molar-refractivity contribution is 0.112. The minimum absolute atomic E-state index is 0.413. The van der Waals surface area contributed by atoms with Gasteiger partial charge in [-0.15, -0.1) is 0 Å². The first-order chi connectivity index (χ1) is 7.29. The highest BCUT2D eigenvalue weighted by molar-refractivity contribution is 6.31. The van der Waals surface area contributed by atoms with Gasteiger partial charge >= 0.3 is 0 Å². The van der Waals surface area contributed by atoms with Crippen LogP contribution >= 0.6 is 11.6 Å². The quantitative estimate of drug-likeness (QED) is 0.791. The van der Waals surface area contributed by atoms with Gasteiger partial charge in [0, 0.05) is 12.1 Å². The number of nitrogens with one attached hydrogen (secondary N) is 1. The first-order valence-corrected chi connectivity index (χ1v) is 5.04. The Bertz CT molecular complexity index is 462. The van der Waals surface area contributed by atoms with E-state index in [1.54, 1.807) is 6.07 Å². The van der Waals surface area contributed by atoms with Gasteiger partial charge in [0.1, 0.15) is 5.15 Å². The lowest BCUT2D eigenvalue weighted by Crippen LogP contribution is -1.86. The van der Waals surface area contributed by atoms with Crippen molar-refractivity contribution in [2.24, 2.45) is 0 Å². The highest BCUT2D eigenvalue weighted by atomic mass is 35.5. The van der Waals surface area contributed by atoms with Crippen LogP contribution in [0.25, 0.3) is 0 Å². The number of H-pyrrole nitrogens is 1. The number of halogens is 1. The smallest absolute Gasteiger partial charge is 0.153 e. The molecule has 0 atom stereocenters. The summed E-state index contributed by atoms with van der Waals surface area (Å²) < 4.78 is 0. The number of carbonyl (C=O) groups is 1. The van der Waals surface area contributed by atoms with Crippen LogP contribution < -0.4 is 0 Å². The molecule has 0 saturated carbocycles. The average molecular weight is 220 g/mol. The molecule has 2 aromatic rings. The van der Waals surface area contributed by atoms with Gasteiger partial charge in [0.15, 0.2) is 6.29 Å². The van der Waals surface area contributed by atoms with Gasteiger partial charge in [-0.1, -0.05) is 41.9 Å². The maximum absolute atomic E-state index is 10.6. The number of hydrogen-bond donors (Lipinski definition) is 1. The molecule has 1 N–H and O–H groups in total. The molecule has 2 nitrogen and oxygen atoms in total. The molecule has 15 heavy (non-hydrogen) atoms. The van der Waals surface area contributed by atoms with Crippen molar-refractivity contribution >= 4 is 17.9 Å². The van der Waals surface area contributed by atoms with Gasteiger partial charge in [-0.2, -0.15) is 0 Å². The van der Waals surface area contributed by atoms with E-state index in [0.717, 1.165) is 18.4 Å². The molecule has 0 unspecified atom stereocenters. The lowest BCUT2D eigenvalue weighted by atomic mass is 10.1. The summed E-state index contributed by atoms with van der Waals surface area (Å²) in [5.74, 6) is 0. The van der Waals surface area contributed by atoms with E-state index in [0.29, 0.717) is 10.7 Å². The summed E-state index contributed by atoms with van der Waals surface area (Å²) in [6.45, 7) is 0. The van der Waals surface area contributed by atoms with Crippen molar-refractivity contribution in [2.45, 2.75) is 6.42 Å². The second kappa shape index (κ2) is 4.32. The van der Waals surface area contributed by atoms with Crippen LogP contribution in [0.5, 0.6) is 0 Å². The third-order valence-electron chi connectivity index (χ3n) is 2.22. The van der Waals surface area contributed by atoms with Crippen molar-refractivity contribution in [3.63, 3.8) is 0 Å². The Kier molecular flexibility index (Phi) is 2.88. The van der Waals surface area contributed by atoms with Gasteiger partial charge in [-0.25, -0.2) is 0 Å². The second-order valence-electron chi connectivity index (χ2n) is 3.34. The predicted molar refractivity (Wildman–Crippen MR) is 60.4 cm³/mol. The molecule has 1 aromatic heterocycles. The molecule has 3 heteroatoms. The number of aldehydes is 1. The number of carbonyl (C=O) groups excluding carboxylic acids is 1. The first kappa shape index (κ1) is 9.99. The largest absolute Gasteiger partial charge is 0.349 e. The highest BCUT2D eigenvalue weighted by Gasteiger charge is 2.05. The molecule has 1 heterocycles. The normalized spacial score (nSPS) is 10.2. The SMILES string of the molecule is O=Cc1cc(Cc2ccccc2)[nH]c1Cl. The summed E-state index contributed by atoms with van der Waals surface area (Å²) >= 11 is 5.82. The number of aromatic nitrogens is 1. The zero-order valence-electron chi connectivity index (χ0n) is 8.03. The summed E-state index contributed by atoms with van der Waals surface area (Å²) in [6, 6.07) is 11.8. The van der Waals surface area contributed by atoms with E-state index in [9.17, 15) is 4.79 Å². The predicted octanol–water partition coefficient (Wildman–Crippen LogP) is 3.07. The van der Waals surface area contributed by atoms with Gasteiger partial charge in [0.05, 0.1) is 5.56 Å². The first-order valence-electron chi connectivity index (χ1n) is 4.66. The molecular formula is C12H10ClNO. The minimum Gasteiger partial charge on any atom is -0.349 e. The van der Waals surface area contributed by atoms with Crippen LogP contribution in [0, 0.1) is 0 Å². The molecule has 0 amide bonds. The fourth-order valence-electron chi connectivity index (χ4n) is 1.50. The highest BCUT2D eigenvalue weighted by Crippen LogP contribution is 2.17. The van der Waals surface area contributed by atoms with E-state index >= 15 is 0 Å². The Morgan fingerprint density at radius 3 is 2.60 bits per heavy atom. The molecule has 0 radical (unpaired) electrons. The number of benzene rings is 1. The molecule has 76 valence electrons. The van der Waals surface area contributed by atoms with Gasteiger partial charge in [0.25, 0.3) is 0 Å². The molecule has 1 aromatic carbocycles. The fourth-order valence-corrected chi connectivity index (χ4v) is 1.72. The fraction of sp³-hybridized carbons (Fsp3) is 0.0833.